The Kier molecular flexibility index (Phi) is 3.13. The van der Waals surface area contributed by atoms with Crippen molar-refractivity contribution < 1.29 is 0 Å². The molecule has 0 aromatic heterocycles. The molecule has 2 rings (SSSR count). The van der Waals surface area contributed by atoms with Crippen LogP contribution in [-0.2, 0) is 0 Å². The van der Waals surface area contributed by atoms with Gasteiger partial charge < -0.3 is 10.2 Å². The van der Waals surface area contributed by atoms with Crippen LogP contribution in [-0.4, -0.2) is 37.1 Å². The largest absolute Gasteiger partial charge is 0.310 e. The molecule has 2 fully saturated rings. The van der Waals surface area contributed by atoms with E-state index in [1.165, 1.54) is 19.5 Å². The first kappa shape index (κ1) is 10.0. The van der Waals surface area contributed by atoms with E-state index in [-0.39, 0.29) is 0 Å². The lowest BCUT2D eigenvalue weighted by Crippen LogP contribution is -2.37. The molecule has 1 aliphatic carbocycles. The van der Waals surface area contributed by atoms with Crippen molar-refractivity contribution >= 4 is 0 Å². The molecular weight excluding hydrogens is 148 g/mol. The second-order valence-electron chi connectivity index (χ2n) is 3.78. The van der Waals surface area contributed by atoms with Crippen molar-refractivity contribution in [2.24, 2.45) is 5.92 Å². The van der Waals surface area contributed by atoms with Gasteiger partial charge in [-0.3, -0.25) is 0 Å². The van der Waals surface area contributed by atoms with E-state index in [0.29, 0.717) is 5.54 Å². The molecule has 2 aliphatic rings. The van der Waals surface area contributed by atoms with Gasteiger partial charge in [-0.15, -0.1) is 0 Å². The highest BCUT2D eigenvalue weighted by Gasteiger charge is 2.58. The van der Waals surface area contributed by atoms with Gasteiger partial charge in [-0.2, -0.15) is 0 Å². The zero-order valence-electron chi connectivity index (χ0n) is 8.85. The summed E-state index contributed by atoms with van der Waals surface area (Å²) < 4.78 is 0. The second kappa shape index (κ2) is 3.75. The molecule has 0 amide bonds. The van der Waals surface area contributed by atoms with Crippen LogP contribution in [0.5, 0.6) is 0 Å². The number of nitrogens with one attached hydrogen (secondary N) is 1. The van der Waals surface area contributed by atoms with E-state index in [0.717, 1.165) is 12.5 Å². The zero-order valence-corrected chi connectivity index (χ0v) is 8.85. The molecule has 12 heavy (non-hydrogen) atoms. The van der Waals surface area contributed by atoms with E-state index in [4.69, 9.17) is 0 Å². The monoisotopic (exact) mass is 170 g/mol. The van der Waals surface area contributed by atoms with Crippen LogP contribution in [0.25, 0.3) is 0 Å². The van der Waals surface area contributed by atoms with Crippen molar-refractivity contribution in [2.45, 2.75) is 32.7 Å². The predicted molar refractivity (Wildman–Crippen MR) is 53.4 cm³/mol. The van der Waals surface area contributed by atoms with E-state index in [2.05, 4.69) is 24.2 Å². The van der Waals surface area contributed by atoms with Crippen molar-refractivity contribution in [3.05, 3.63) is 0 Å². The minimum atomic E-state index is 0.559. The van der Waals surface area contributed by atoms with E-state index in [1.54, 1.807) is 0 Å². The molecule has 2 atom stereocenters. The molecule has 1 saturated carbocycles. The van der Waals surface area contributed by atoms with Gasteiger partial charge in [0.1, 0.15) is 0 Å². The number of piperidine rings is 1. The summed E-state index contributed by atoms with van der Waals surface area (Å²) in [6.07, 6.45) is 1.42. The summed E-state index contributed by atoms with van der Waals surface area (Å²) in [6.45, 7) is 9.91. The highest BCUT2D eigenvalue weighted by Crippen LogP contribution is 2.48. The minimum Gasteiger partial charge on any atom is -0.310 e. The number of hydrogen-bond acceptors (Lipinski definition) is 2. The molecule has 0 aromatic rings. The fourth-order valence-corrected chi connectivity index (χ4v) is 2.36. The smallest absolute Gasteiger partial charge is 0.0353 e. The summed E-state index contributed by atoms with van der Waals surface area (Å²) in [5, 5.41) is 3.58. The SMILES string of the molecule is CC.CCNC12CC1CN(C)C2. The molecule has 1 N–H and O–H groups in total. The second-order valence-corrected chi connectivity index (χ2v) is 3.78. The molecule has 2 nitrogen and oxygen atoms in total. The number of likely N-dealkylation sites (N-methyl/N-ethyl adjacent to an activating group) is 2. The third kappa shape index (κ3) is 1.64. The van der Waals surface area contributed by atoms with Crippen molar-refractivity contribution in [3.63, 3.8) is 0 Å². The highest BCUT2D eigenvalue weighted by atomic mass is 15.2. The molecule has 0 aromatic carbocycles. The third-order valence-electron chi connectivity index (χ3n) is 2.84. The van der Waals surface area contributed by atoms with E-state index < -0.39 is 0 Å². The van der Waals surface area contributed by atoms with Crippen molar-refractivity contribution in [1.29, 1.82) is 0 Å². The van der Waals surface area contributed by atoms with E-state index >= 15 is 0 Å². The van der Waals surface area contributed by atoms with Crippen LogP contribution in [0.1, 0.15) is 27.2 Å². The van der Waals surface area contributed by atoms with Crippen molar-refractivity contribution in [3.8, 4) is 0 Å². The van der Waals surface area contributed by atoms with Gasteiger partial charge in [0.25, 0.3) is 0 Å². The minimum absolute atomic E-state index is 0.559. The molecular formula is C10H22N2. The first-order chi connectivity index (χ1) is 5.77. The summed E-state index contributed by atoms with van der Waals surface area (Å²) in [4.78, 5) is 2.43. The lowest BCUT2D eigenvalue weighted by Gasteiger charge is -2.16. The van der Waals surface area contributed by atoms with Crippen molar-refractivity contribution in [1.82, 2.24) is 10.2 Å². The summed E-state index contributed by atoms with van der Waals surface area (Å²) in [5.41, 5.74) is 0.559. The summed E-state index contributed by atoms with van der Waals surface area (Å²) >= 11 is 0. The third-order valence-corrected chi connectivity index (χ3v) is 2.84. The zero-order chi connectivity index (χ0) is 9.19. The summed E-state index contributed by atoms with van der Waals surface area (Å²) in [5.74, 6) is 0.970. The number of rotatable bonds is 2. The van der Waals surface area contributed by atoms with Gasteiger partial charge in [0.2, 0.25) is 0 Å². The molecule has 1 heterocycles. The first-order valence-electron chi connectivity index (χ1n) is 5.20. The summed E-state index contributed by atoms with van der Waals surface area (Å²) in [6, 6.07) is 0. The Bertz CT molecular complexity index is 147. The topological polar surface area (TPSA) is 15.3 Å². The fourth-order valence-electron chi connectivity index (χ4n) is 2.36. The Balaban J connectivity index is 0.000000336. The van der Waals surface area contributed by atoms with Gasteiger partial charge in [-0.25, -0.2) is 0 Å². The molecule has 0 radical (unpaired) electrons. The van der Waals surface area contributed by atoms with Crippen LogP contribution < -0.4 is 5.32 Å². The maximum Gasteiger partial charge on any atom is 0.0353 e. The normalized spacial score (nSPS) is 38.5. The van der Waals surface area contributed by atoms with Gasteiger partial charge in [0.05, 0.1) is 0 Å². The maximum atomic E-state index is 3.58. The Morgan fingerprint density at radius 2 is 2.17 bits per heavy atom. The number of nitrogens with zero attached hydrogens (tertiary/aromatic N) is 1. The molecule has 72 valence electrons. The average Bonchev–Trinajstić information content (AvgIpc) is 2.59. The average molecular weight is 170 g/mol. The number of fused-ring (bicyclic) bond motifs is 1. The lowest BCUT2D eigenvalue weighted by atomic mass is 10.2. The van der Waals surface area contributed by atoms with E-state index in [1.807, 2.05) is 13.8 Å². The van der Waals surface area contributed by atoms with Crippen LogP contribution in [0.2, 0.25) is 0 Å². The Labute approximate surface area is 76.3 Å². The maximum absolute atomic E-state index is 3.58. The van der Waals surface area contributed by atoms with Crippen LogP contribution in [0, 0.1) is 5.92 Å². The predicted octanol–water partition coefficient (Wildman–Crippen LogP) is 1.33. The Morgan fingerprint density at radius 1 is 1.50 bits per heavy atom. The van der Waals surface area contributed by atoms with Crippen LogP contribution in [0.4, 0.5) is 0 Å². The first-order valence-corrected chi connectivity index (χ1v) is 5.20. The Hall–Kier alpha value is -0.0800. The molecule has 0 bridgehead atoms. The Morgan fingerprint density at radius 3 is 2.58 bits per heavy atom. The molecule has 2 unspecified atom stereocenters. The lowest BCUT2D eigenvalue weighted by molar-refractivity contribution is 0.346. The molecule has 0 spiro atoms. The number of hydrogen-bond donors (Lipinski definition) is 1. The van der Waals surface area contributed by atoms with E-state index in [9.17, 15) is 0 Å². The molecule has 2 heteroatoms. The van der Waals surface area contributed by atoms with Crippen LogP contribution in [0.3, 0.4) is 0 Å². The number of likely N-dealkylation sites (tertiary alicyclic amines) is 1. The fraction of sp³-hybridized carbons (Fsp3) is 1.00. The van der Waals surface area contributed by atoms with Gasteiger partial charge in [0.15, 0.2) is 0 Å². The highest BCUT2D eigenvalue weighted by molar-refractivity contribution is 5.16. The molecule has 1 aliphatic heterocycles. The van der Waals surface area contributed by atoms with Gasteiger partial charge >= 0.3 is 0 Å². The van der Waals surface area contributed by atoms with Gasteiger partial charge in [0, 0.05) is 18.6 Å². The van der Waals surface area contributed by atoms with Crippen molar-refractivity contribution in [2.75, 3.05) is 26.7 Å². The van der Waals surface area contributed by atoms with Gasteiger partial charge in [-0.05, 0) is 25.9 Å². The molecule has 1 saturated heterocycles. The standard InChI is InChI=1S/C8H16N2.C2H6/c1-3-9-8-4-7(8)5-10(2)6-8;1-2/h7,9H,3-6H2,1-2H3;1-2H3. The summed E-state index contributed by atoms with van der Waals surface area (Å²) in [7, 11) is 2.21. The van der Waals surface area contributed by atoms with Gasteiger partial charge in [-0.1, -0.05) is 20.8 Å². The quantitative estimate of drug-likeness (QED) is 0.672. The van der Waals surface area contributed by atoms with Crippen LogP contribution in [0.15, 0.2) is 0 Å². The van der Waals surface area contributed by atoms with Crippen LogP contribution >= 0.6 is 0 Å².